The molecule has 1 saturated heterocycles. The minimum Gasteiger partial charge on any atom is -0.443 e. The number of aromatic nitrogens is 5. The molecule has 0 atom stereocenters. The summed E-state index contributed by atoms with van der Waals surface area (Å²) in [5, 5.41) is 9.66. The summed E-state index contributed by atoms with van der Waals surface area (Å²) in [5.41, 5.74) is 4.76. The average molecular weight is 539 g/mol. The number of fused-ring (bicyclic) bond motifs is 2. The van der Waals surface area contributed by atoms with Crippen molar-refractivity contribution in [3.05, 3.63) is 66.6 Å². The third-order valence-corrected chi connectivity index (χ3v) is 7.15. The molecule has 0 amide bonds. The number of rotatable bonds is 4. The van der Waals surface area contributed by atoms with Gasteiger partial charge in [0.25, 0.3) is 0 Å². The lowest BCUT2D eigenvalue weighted by molar-refractivity contribution is 0.0544. The Bertz CT molecular complexity index is 1690. The molecule has 0 saturated carbocycles. The maximum Gasteiger partial charge on any atom is 0.419 e. The normalized spacial score (nSPS) is 14.7. The van der Waals surface area contributed by atoms with E-state index in [4.69, 9.17) is 9.72 Å². The van der Waals surface area contributed by atoms with Gasteiger partial charge in [-0.25, -0.2) is 14.5 Å². The highest BCUT2D eigenvalue weighted by Gasteiger charge is 2.22. The second kappa shape index (κ2) is 9.95. The number of likely N-dealkylation sites (N-methyl/N-ethyl adjacent to an activating group) is 1. The Morgan fingerprint density at radius 2 is 1.73 bits per heavy atom. The van der Waals surface area contributed by atoms with Crippen molar-refractivity contribution in [1.29, 1.82) is 0 Å². The smallest absolute Gasteiger partial charge is 0.419 e. The zero-order valence-electron chi connectivity index (χ0n) is 23.5. The summed E-state index contributed by atoms with van der Waals surface area (Å²) < 4.78 is 8.98. The van der Waals surface area contributed by atoms with Crippen molar-refractivity contribution in [3.8, 4) is 5.69 Å². The molecule has 206 valence electrons. The molecule has 5 aromatic rings. The fourth-order valence-electron chi connectivity index (χ4n) is 5.07. The van der Waals surface area contributed by atoms with Crippen LogP contribution in [-0.2, 0) is 4.74 Å². The van der Waals surface area contributed by atoms with Crippen molar-refractivity contribution in [3.63, 3.8) is 0 Å². The third-order valence-electron chi connectivity index (χ3n) is 7.15. The first kappa shape index (κ1) is 25.8. The van der Waals surface area contributed by atoms with Crippen LogP contribution in [0.15, 0.2) is 61.1 Å². The summed E-state index contributed by atoms with van der Waals surface area (Å²) in [5.74, 6) is 0.483. The topological polar surface area (TPSA) is 93.3 Å². The second-order valence-electron chi connectivity index (χ2n) is 11.3. The number of ether oxygens (including phenoxy) is 1. The molecule has 1 aliphatic heterocycles. The van der Waals surface area contributed by atoms with Crippen LogP contribution in [0.25, 0.3) is 27.6 Å². The van der Waals surface area contributed by atoms with Crippen molar-refractivity contribution in [2.24, 2.45) is 0 Å². The number of piperazine rings is 1. The molecule has 10 nitrogen and oxygen atoms in total. The molecule has 1 N–H and O–H groups in total. The number of nitrogens with one attached hydrogen (secondary N) is 1. The van der Waals surface area contributed by atoms with Crippen molar-refractivity contribution < 1.29 is 9.53 Å². The van der Waals surface area contributed by atoms with Crippen LogP contribution in [0.4, 0.5) is 22.1 Å². The molecule has 4 heterocycles. The lowest BCUT2D eigenvalue weighted by Crippen LogP contribution is -2.44. The van der Waals surface area contributed by atoms with Gasteiger partial charge < -0.3 is 19.9 Å². The Morgan fingerprint density at radius 1 is 0.975 bits per heavy atom. The van der Waals surface area contributed by atoms with Crippen LogP contribution in [0, 0.1) is 6.92 Å². The molecule has 10 heteroatoms. The molecule has 1 aliphatic rings. The minimum atomic E-state index is -0.595. The molecule has 0 aliphatic carbocycles. The number of hydrogen-bond donors (Lipinski definition) is 1. The van der Waals surface area contributed by atoms with Gasteiger partial charge in [0.2, 0.25) is 5.95 Å². The number of carbonyl (C=O) groups is 1. The number of anilines is 3. The highest BCUT2D eigenvalue weighted by atomic mass is 16.6. The molecular formula is C30H34N8O2. The first-order valence-electron chi connectivity index (χ1n) is 13.5. The summed E-state index contributed by atoms with van der Waals surface area (Å²) in [6, 6.07) is 14.3. The molecular weight excluding hydrogens is 504 g/mol. The average Bonchev–Trinajstić information content (AvgIpc) is 3.55. The highest BCUT2D eigenvalue weighted by Crippen LogP contribution is 2.29. The number of benzene rings is 2. The molecule has 0 unspecified atom stereocenters. The summed E-state index contributed by atoms with van der Waals surface area (Å²) in [6.07, 6.45) is 4.85. The van der Waals surface area contributed by atoms with Crippen LogP contribution >= 0.6 is 0 Å². The van der Waals surface area contributed by atoms with Crippen LogP contribution in [0.5, 0.6) is 0 Å². The minimum absolute atomic E-state index is 0.416. The van der Waals surface area contributed by atoms with E-state index in [-0.39, 0.29) is 0 Å². The number of nitrogens with zero attached hydrogens (tertiary/aromatic N) is 7. The molecule has 0 bridgehead atoms. The molecule has 0 spiro atoms. The molecule has 0 radical (unpaired) electrons. The van der Waals surface area contributed by atoms with E-state index in [1.807, 2.05) is 45.9 Å². The van der Waals surface area contributed by atoms with E-state index in [0.717, 1.165) is 59.4 Å². The van der Waals surface area contributed by atoms with Crippen LogP contribution in [-0.4, -0.2) is 74.1 Å². The van der Waals surface area contributed by atoms with E-state index >= 15 is 0 Å². The van der Waals surface area contributed by atoms with E-state index in [1.165, 1.54) is 5.69 Å². The van der Waals surface area contributed by atoms with Crippen molar-refractivity contribution >= 4 is 45.4 Å². The van der Waals surface area contributed by atoms with Gasteiger partial charge in [-0.3, -0.25) is 4.57 Å². The largest absolute Gasteiger partial charge is 0.443 e. The Labute approximate surface area is 233 Å². The van der Waals surface area contributed by atoms with Crippen molar-refractivity contribution in [2.75, 3.05) is 43.4 Å². The first-order valence-corrected chi connectivity index (χ1v) is 13.5. The highest BCUT2D eigenvalue weighted by molar-refractivity contribution is 5.97. The van der Waals surface area contributed by atoms with Gasteiger partial charge >= 0.3 is 6.09 Å². The summed E-state index contributed by atoms with van der Waals surface area (Å²) in [7, 11) is 2.16. The number of aryl methyl sites for hydroxylation is 1. The second-order valence-corrected chi connectivity index (χ2v) is 11.3. The van der Waals surface area contributed by atoms with Gasteiger partial charge in [-0.15, -0.1) is 0 Å². The van der Waals surface area contributed by atoms with Gasteiger partial charge in [0, 0.05) is 55.3 Å². The third kappa shape index (κ3) is 4.98. The number of carbonyl (C=O) groups excluding carboxylic acids is 1. The van der Waals surface area contributed by atoms with E-state index < -0.39 is 11.7 Å². The summed E-state index contributed by atoms with van der Waals surface area (Å²) in [4.78, 5) is 27.0. The first-order chi connectivity index (χ1) is 19.2. The van der Waals surface area contributed by atoms with Gasteiger partial charge in [0.05, 0.1) is 22.8 Å². The lowest BCUT2D eigenvalue weighted by atomic mass is 10.1. The summed E-state index contributed by atoms with van der Waals surface area (Å²) in [6.45, 7) is 11.8. The predicted octanol–water partition coefficient (Wildman–Crippen LogP) is 5.36. The van der Waals surface area contributed by atoms with Crippen molar-refractivity contribution in [2.45, 2.75) is 33.3 Å². The fourth-order valence-corrected chi connectivity index (χ4v) is 5.07. The van der Waals surface area contributed by atoms with Gasteiger partial charge in [0.1, 0.15) is 5.60 Å². The maximum atomic E-state index is 12.9. The van der Waals surface area contributed by atoms with E-state index in [1.54, 1.807) is 27.8 Å². The zero-order chi connectivity index (χ0) is 28.0. The Hall–Kier alpha value is -4.44. The van der Waals surface area contributed by atoms with E-state index in [9.17, 15) is 4.79 Å². The van der Waals surface area contributed by atoms with Gasteiger partial charge in [-0.1, -0.05) is 6.07 Å². The molecule has 40 heavy (non-hydrogen) atoms. The SMILES string of the molecule is Cc1ccc(-n2ncc3cnc(Nc4ccc(N5CCN(C)CC5)cc4)nc32)c2ccn(C(=O)OC(C)(C)C)c12. The fraction of sp³-hybridized carbons (Fsp3) is 0.333. The Balaban J connectivity index is 1.30. The number of hydrogen-bond acceptors (Lipinski definition) is 8. The van der Waals surface area contributed by atoms with Crippen molar-refractivity contribution in [1.82, 2.24) is 29.2 Å². The lowest BCUT2D eigenvalue weighted by Gasteiger charge is -2.34. The standard InChI is InChI=1S/C30H34N8O2/c1-20-6-11-25(24-12-13-37(26(20)24)29(39)40-30(2,3)4)38-27-21(19-32-38)18-31-28(34-27)33-22-7-9-23(10-8-22)36-16-14-35(5)15-17-36/h6-13,18-19H,14-17H2,1-5H3,(H,31,33,34). The molecule has 3 aromatic heterocycles. The van der Waals surface area contributed by atoms with Gasteiger partial charge in [0.15, 0.2) is 5.65 Å². The van der Waals surface area contributed by atoms with Crippen LogP contribution < -0.4 is 10.2 Å². The zero-order valence-corrected chi connectivity index (χ0v) is 23.5. The maximum absolute atomic E-state index is 12.9. The quantitative estimate of drug-likeness (QED) is 0.327. The molecule has 1 fully saturated rings. The Morgan fingerprint density at radius 3 is 2.45 bits per heavy atom. The Kier molecular flexibility index (Phi) is 6.42. The van der Waals surface area contributed by atoms with E-state index in [2.05, 4.69) is 56.5 Å². The van der Waals surface area contributed by atoms with Gasteiger partial charge in [-0.05, 0) is 76.7 Å². The van der Waals surface area contributed by atoms with Crippen LogP contribution in [0.3, 0.4) is 0 Å². The predicted molar refractivity (Wildman–Crippen MR) is 158 cm³/mol. The van der Waals surface area contributed by atoms with E-state index in [0.29, 0.717) is 11.6 Å². The summed E-state index contributed by atoms with van der Waals surface area (Å²) >= 11 is 0. The van der Waals surface area contributed by atoms with Crippen LogP contribution in [0.1, 0.15) is 26.3 Å². The van der Waals surface area contributed by atoms with Crippen LogP contribution in [0.2, 0.25) is 0 Å². The van der Waals surface area contributed by atoms with Gasteiger partial charge in [-0.2, -0.15) is 10.1 Å². The monoisotopic (exact) mass is 538 g/mol. The molecule has 6 rings (SSSR count). The molecule has 2 aromatic carbocycles.